The topological polar surface area (TPSA) is 89.1 Å². The molecule has 0 unspecified atom stereocenters. The van der Waals surface area contributed by atoms with E-state index in [4.69, 9.17) is 10.5 Å². The SMILES string of the molecule is COc1ccc(C=NN=C2NC(=O)CS2)cc1CN. The largest absolute Gasteiger partial charge is 0.496 e. The van der Waals surface area contributed by atoms with Crippen LogP contribution in [0, 0.1) is 0 Å². The van der Waals surface area contributed by atoms with E-state index >= 15 is 0 Å². The van der Waals surface area contributed by atoms with E-state index < -0.39 is 0 Å². The molecule has 1 amide bonds. The summed E-state index contributed by atoms with van der Waals surface area (Å²) >= 11 is 1.33. The van der Waals surface area contributed by atoms with Crippen molar-refractivity contribution in [3.8, 4) is 5.75 Å². The Morgan fingerprint density at radius 3 is 3.05 bits per heavy atom. The normalized spacial score (nSPS) is 17.2. The third-order valence-corrected chi connectivity index (χ3v) is 3.33. The molecule has 1 heterocycles. The number of amides is 1. The molecular weight excluding hydrogens is 264 g/mol. The maximum Gasteiger partial charge on any atom is 0.236 e. The summed E-state index contributed by atoms with van der Waals surface area (Å²) in [5, 5.41) is 11.0. The molecule has 1 aliphatic heterocycles. The summed E-state index contributed by atoms with van der Waals surface area (Å²) in [5.41, 5.74) is 7.42. The van der Waals surface area contributed by atoms with Crippen molar-refractivity contribution in [2.45, 2.75) is 6.54 Å². The summed E-state index contributed by atoms with van der Waals surface area (Å²) < 4.78 is 5.19. The molecule has 0 spiro atoms. The highest BCUT2D eigenvalue weighted by Crippen LogP contribution is 2.18. The number of thioether (sulfide) groups is 1. The van der Waals surface area contributed by atoms with Gasteiger partial charge in [0.05, 0.1) is 19.1 Å². The van der Waals surface area contributed by atoms with Gasteiger partial charge in [-0.3, -0.25) is 4.79 Å². The summed E-state index contributed by atoms with van der Waals surface area (Å²) in [6.45, 7) is 0.394. The van der Waals surface area contributed by atoms with Crippen molar-refractivity contribution in [2.75, 3.05) is 12.9 Å². The first kappa shape index (κ1) is 13.6. The molecule has 0 aliphatic carbocycles. The average molecular weight is 278 g/mol. The van der Waals surface area contributed by atoms with Crippen LogP contribution in [-0.4, -0.2) is 30.2 Å². The molecule has 2 rings (SSSR count). The van der Waals surface area contributed by atoms with Crippen molar-refractivity contribution in [3.63, 3.8) is 0 Å². The molecule has 100 valence electrons. The molecule has 1 aromatic carbocycles. The zero-order chi connectivity index (χ0) is 13.7. The number of hydrogen-bond acceptors (Lipinski definition) is 6. The Balaban J connectivity index is 2.08. The molecule has 6 nitrogen and oxygen atoms in total. The number of ether oxygens (including phenoxy) is 1. The van der Waals surface area contributed by atoms with E-state index in [-0.39, 0.29) is 5.91 Å². The van der Waals surface area contributed by atoms with Crippen molar-refractivity contribution in [1.82, 2.24) is 5.32 Å². The molecule has 0 radical (unpaired) electrons. The number of benzene rings is 1. The van der Waals surface area contributed by atoms with Crippen LogP contribution in [-0.2, 0) is 11.3 Å². The number of rotatable bonds is 4. The Bertz CT molecular complexity index is 543. The van der Waals surface area contributed by atoms with Gasteiger partial charge in [0.15, 0.2) is 5.17 Å². The molecular formula is C12H14N4O2S. The number of nitrogens with zero attached hydrogens (tertiary/aromatic N) is 2. The Labute approximate surface area is 115 Å². The first-order chi connectivity index (χ1) is 9.22. The molecule has 1 saturated heterocycles. The van der Waals surface area contributed by atoms with Gasteiger partial charge in [0, 0.05) is 12.1 Å². The Hall–Kier alpha value is -1.86. The predicted octanol–water partition coefficient (Wildman–Crippen LogP) is 0.707. The van der Waals surface area contributed by atoms with Gasteiger partial charge < -0.3 is 15.8 Å². The monoisotopic (exact) mass is 278 g/mol. The molecule has 19 heavy (non-hydrogen) atoms. The maximum absolute atomic E-state index is 10.9. The highest BCUT2D eigenvalue weighted by Gasteiger charge is 2.15. The first-order valence-corrected chi connectivity index (χ1v) is 6.62. The van der Waals surface area contributed by atoms with Crippen LogP contribution < -0.4 is 15.8 Å². The van der Waals surface area contributed by atoms with Gasteiger partial charge >= 0.3 is 0 Å². The van der Waals surface area contributed by atoms with Crippen LogP contribution in [0.5, 0.6) is 5.75 Å². The fraction of sp³-hybridized carbons (Fsp3) is 0.250. The fourth-order valence-electron chi connectivity index (χ4n) is 1.57. The minimum Gasteiger partial charge on any atom is -0.496 e. The summed E-state index contributed by atoms with van der Waals surface area (Å²) in [6, 6.07) is 5.59. The second kappa shape index (κ2) is 6.35. The van der Waals surface area contributed by atoms with E-state index in [0.29, 0.717) is 17.5 Å². The number of methoxy groups -OCH3 is 1. The summed E-state index contributed by atoms with van der Waals surface area (Å²) in [4.78, 5) is 10.9. The predicted molar refractivity (Wildman–Crippen MR) is 76.5 cm³/mol. The Kier molecular flexibility index (Phi) is 4.53. The minimum atomic E-state index is -0.0474. The molecule has 0 saturated carbocycles. The Morgan fingerprint density at radius 2 is 2.42 bits per heavy atom. The third kappa shape index (κ3) is 3.55. The molecule has 0 aromatic heterocycles. The summed E-state index contributed by atoms with van der Waals surface area (Å²) in [5.74, 6) is 1.10. The van der Waals surface area contributed by atoms with E-state index in [2.05, 4.69) is 15.5 Å². The zero-order valence-corrected chi connectivity index (χ0v) is 11.2. The van der Waals surface area contributed by atoms with Crippen LogP contribution in [0.25, 0.3) is 0 Å². The highest BCUT2D eigenvalue weighted by atomic mass is 32.2. The van der Waals surface area contributed by atoms with Crippen molar-refractivity contribution in [1.29, 1.82) is 0 Å². The molecule has 7 heteroatoms. The second-order valence-electron chi connectivity index (χ2n) is 3.76. The highest BCUT2D eigenvalue weighted by molar-refractivity contribution is 8.15. The van der Waals surface area contributed by atoms with Crippen molar-refractivity contribution < 1.29 is 9.53 Å². The Morgan fingerprint density at radius 1 is 1.58 bits per heavy atom. The lowest BCUT2D eigenvalue weighted by Gasteiger charge is -2.06. The van der Waals surface area contributed by atoms with Crippen LogP contribution in [0.2, 0.25) is 0 Å². The van der Waals surface area contributed by atoms with Gasteiger partial charge in [-0.15, -0.1) is 5.10 Å². The number of carbonyl (C=O) groups is 1. The lowest BCUT2D eigenvalue weighted by Crippen LogP contribution is -2.19. The molecule has 1 aliphatic rings. The second-order valence-corrected chi connectivity index (χ2v) is 4.73. The number of amidine groups is 1. The van der Waals surface area contributed by atoms with Crippen molar-refractivity contribution in [2.24, 2.45) is 15.9 Å². The number of carbonyl (C=O) groups excluding carboxylic acids is 1. The lowest BCUT2D eigenvalue weighted by molar-refractivity contribution is -0.116. The fourth-order valence-corrected chi connectivity index (χ4v) is 2.20. The molecule has 0 bridgehead atoms. The van der Waals surface area contributed by atoms with Crippen LogP contribution in [0.15, 0.2) is 28.4 Å². The van der Waals surface area contributed by atoms with Crippen LogP contribution in [0.1, 0.15) is 11.1 Å². The summed E-state index contributed by atoms with van der Waals surface area (Å²) in [7, 11) is 1.61. The smallest absolute Gasteiger partial charge is 0.236 e. The van der Waals surface area contributed by atoms with E-state index in [9.17, 15) is 4.79 Å². The minimum absolute atomic E-state index is 0.0474. The van der Waals surface area contributed by atoms with Gasteiger partial charge in [-0.05, 0) is 23.8 Å². The van der Waals surface area contributed by atoms with Crippen LogP contribution in [0.3, 0.4) is 0 Å². The number of nitrogens with one attached hydrogen (secondary N) is 1. The maximum atomic E-state index is 10.9. The first-order valence-electron chi connectivity index (χ1n) is 5.63. The van der Waals surface area contributed by atoms with Crippen molar-refractivity contribution >= 4 is 29.1 Å². The molecule has 1 fully saturated rings. The number of hydrogen-bond donors (Lipinski definition) is 2. The zero-order valence-electron chi connectivity index (χ0n) is 10.4. The van der Waals surface area contributed by atoms with Gasteiger partial charge in [0.1, 0.15) is 5.75 Å². The van der Waals surface area contributed by atoms with E-state index in [0.717, 1.165) is 16.9 Å². The molecule has 1 aromatic rings. The summed E-state index contributed by atoms with van der Waals surface area (Å²) in [6.07, 6.45) is 1.61. The van der Waals surface area contributed by atoms with Gasteiger partial charge in [-0.25, -0.2) is 0 Å². The molecule has 0 atom stereocenters. The van der Waals surface area contributed by atoms with Crippen LogP contribution >= 0.6 is 11.8 Å². The number of nitrogens with two attached hydrogens (primary N) is 1. The quantitative estimate of drug-likeness (QED) is 0.627. The van der Waals surface area contributed by atoms with Crippen molar-refractivity contribution in [3.05, 3.63) is 29.3 Å². The van der Waals surface area contributed by atoms with E-state index in [1.165, 1.54) is 11.8 Å². The van der Waals surface area contributed by atoms with Gasteiger partial charge in [-0.2, -0.15) is 5.10 Å². The van der Waals surface area contributed by atoms with E-state index in [1.807, 2.05) is 18.2 Å². The van der Waals surface area contributed by atoms with Gasteiger partial charge in [0.25, 0.3) is 0 Å². The molecule has 3 N–H and O–H groups in total. The third-order valence-electron chi connectivity index (χ3n) is 2.47. The standard InChI is InChI=1S/C12H14N4O2S/c1-18-10-3-2-8(4-9(10)5-13)6-14-16-12-15-11(17)7-19-12/h2-4,6H,5,7,13H2,1H3,(H,15,16,17). The average Bonchev–Trinajstić information content (AvgIpc) is 2.84. The van der Waals surface area contributed by atoms with E-state index in [1.54, 1.807) is 13.3 Å². The van der Waals surface area contributed by atoms with Gasteiger partial charge in [0.2, 0.25) is 5.91 Å². The lowest BCUT2D eigenvalue weighted by atomic mass is 10.1. The van der Waals surface area contributed by atoms with Crippen LogP contribution in [0.4, 0.5) is 0 Å². The van der Waals surface area contributed by atoms with Gasteiger partial charge in [-0.1, -0.05) is 11.8 Å².